The summed E-state index contributed by atoms with van der Waals surface area (Å²) in [7, 11) is -3.78. The fourth-order valence-corrected chi connectivity index (χ4v) is 5.33. The van der Waals surface area contributed by atoms with Crippen LogP contribution < -0.4 is 4.31 Å². The number of aliphatic hydroxyl groups is 1. The van der Waals surface area contributed by atoms with Crippen LogP contribution in [0.2, 0.25) is 0 Å². The standard InChI is InChI=1S/C22H22N2O4S/c25-14-15-29(27,28)24(21-11-13-23-12-5-10-20(21)23)19-9-4-8-18(16-19)22(26)17-6-2-1-3-7-17/h1-10,12,16,21,25H,11,13-15H2. The molecule has 1 atom stereocenters. The summed E-state index contributed by atoms with van der Waals surface area (Å²) >= 11 is 0. The molecule has 4 rings (SSSR count). The largest absolute Gasteiger partial charge is 0.395 e. The van der Waals surface area contributed by atoms with Crippen LogP contribution in [-0.4, -0.2) is 36.2 Å². The number of anilines is 1. The Labute approximate surface area is 170 Å². The summed E-state index contributed by atoms with van der Waals surface area (Å²) < 4.78 is 29.5. The van der Waals surface area contributed by atoms with E-state index in [1.807, 2.05) is 29.0 Å². The Hall–Kier alpha value is -2.90. The highest BCUT2D eigenvalue weighted by atomic mass is 32.2. The molecule has 0 radical (unpaired) electrons. The number of aliphatic hydroxyl groups excluding tert-OH is 1. The van der Waals surface area contributed by atoms with Crippen LogP contribution in [0.25, 0.3) is 0 Å². The number of rotatable bonds is 7. The second-order valence-corrected chi connectivity index (χ2v) is 8.98. The van der Waals surface area contributed by atoms with E-state index in [-0.39, 0.29) is 17.6 Å². The fraction of sp³-hybridized carbons (Fsp3) is 0.227. The van der Waals surface area contributed by atoms with E-state index >= 15 is 0 Å². The zero-order valence-electron chi connectivity index (χ0n) is 15.8. The van der Waals surface area contributed by atoms with Gasteiger partial charge in [0.25, 0.3) is 0 Å². The average Bonchev–Trinajstić information content (AvgIpc) is 3.33. The SMILES string of the molecule is O=C(c1ccccc1)c1cccc(N(C2CCn3cccc32)S(=O)(=O)CCO)c1. The molecule has 3 aromatic rings. The number of aromatic nitrogens is 1. The first-order valence-electron chi connectivity index (χ1n) is 9.49. The third kappa shape index (κ3) is 3.71. The number of carbonyl (C=O) groups excluding carboxylic acids is 1. The molecule has 1 aliphatic rings. The van der Waals surface area contributed by atoms with Crippen LogP contribution in [0.3, 0.4) is 0 Å². The quantitative estimate of drug-likeness (QED) is 0.608. The molecule has 0 saturated carbocycles. The number of carbonyl (C=O) groups is 1. The van der Waals surface area contributed by atoms with Gasteiger partial charge < -0.3 is 9.67 Å². The molecule has 1 aliphatic heterocycles. The predicted octanol–water partition coefficient (Wildman–Crippen LogP) is 2.99. The first-order chi connectivity index (χ1) is 14.0. The number of benzene rings is 2. The number of fused-ring (bicyclic) bond motifs is 1. The van der Waals surface area contributed by atoms with Crippen molar-refractivity contribution in [1.82, 2.24) is 4.57 Å². The van der Waals surface area contributed by atoms with Crippen LogP contribution in [0.1, 0.15) is 34.1 Å². The lowest BCUT2D eigenvalue weighted by atomic mass is 10.0. The Kier molecular flexibility index (Phi) is 5.25. The van der Waals surface area contributed by atoms with Gasteiger partial charge in [0.1, 0.15) is 0 Å². The molecule has 0 fully saturated rings. The van der Waals surface area contributed by atoms with Crippen molar-refractivity contribution in [1.29, 1.82) is 0 Å². The van der Waals surface area contributed by atoms with Crippen LogP contribution in [0.5, 0.6) is 0 Å². The lowest BCUT2D eigenvalue weighted by Gasteiger charge is -2.30. The molecule has 2 aromatic carbocycles. The molecule has 0 aliphatic carbocycles. The third-order valence-electron chi connectivity index (χ3n) is 5.18. The van der Waals surface area contributed by atoms with Crippen molar-refractivity contribution >= 4 is 21.5 Å². The van der Waals surface area contributed by atoms with E-state index in [4.69, 9.17) is 0 Å². The van der Waals surface area contributed by atoms with Gasteiger partial charge in [-0.05, 0) is 30.7 Å². The van der Waals surface area contributed by atoms with Crippen molar-refractivity contribution in [3.63, 3.8) is 0 Å². The van der Waals surface area contributed by atoms with Crippen LogP contribution in [-0.2, 0) is 16.6 Å². The van der Waals surface area contributed by atoms with Crippen LogP contribution in [0, 0.1) is 0 Å². The van der Waals surface area contributed by atoms with Crippen molar-refractivity contribution in [2.45, 2.75) is 19.0 Å². The number of nitrogens with zero attached hydrogens (tertiary/aromatic N) is 2. The van der Waals surface area contributed by atoms with Crippen molar-refractivity contribution in [2.75, 3.05) is 16.7 Å². The monoisotopic (exact) mass is 410 g/mol. The van der Waals surface area contributed by atoms with Gasteiger partial charge in [-0.15, -0.1) is 0 Å². The van der Waals surface area contributed by atoms with Gasteiger partial charge >= 0.3 is 0 Å². The highest BCUT2D eigenvalue weighted by Crippen LogP contribution is 2.37. The maximum atomic E-state index is 13.1. The average molecular weight is 410 g/mol. The summed E-state index contributed by atoms with van der Waals surface area (Å²) in [6.45, 7) is 0.260. The predicted molar refractivity (Wildman–Crippen MR) is 111 cm³/mol. The van der Waals surface area contributed by atoms with E-state index in [2.05, 4.69) is 0 Å². The first kappa shape index (κ1) is 19.4. The van der Waals surface area contributed by atoms with E-state index in [1.165, 1.54) is 4.31 Å². The molecular weight excluding hydrogens is 388 g/mol. The molecule has 0 saturated heterocycles. The molecule has 0 amide bonds. The van der Waals surface area contributed by atoms with Crippen LogP contribution in [0.4, 0.5) is 5.69 Å². The van der Waals surface area contributed by atoms with Crippen molar-refractivity contribution in [3.8, 4) is 0 Å². The number of aryl methyl sites for hydroxylation is 1. The van der Waals surface area contributed by atoms with Gasteiger partial charge in [-0.1, -0.05) is 42.5 Å². The van der Waals surface area contributed by atoms with E-state index in [0.29, 0.717) is 23.2 Å². The number of hydrogen-bond acceptors (Lipinski definition) is 4. The van der Waals surface area contributed by atoms with Gasteiger partial charge in [0, 0.05) is 29.6 Å². The minimum atomic E-state index is -3.78. The van der Waals surface area contributed by atoms with Crippen molar-refractivity contribution < 1.29 is 18.3 Å². The highest BCUT2D eigenvalue weighted by Gasteiger charge is 2.35. The lowest BCUT2D eigenvalue weighted by Crippen LogP contribution is -2.37. The highest BCUT2D eigenvalue weighted by molar-refractivity contribution is 7.92. The van der Waals surface area contributed by atoms with Crippen molar-refractivity contribution in [2.24, 2.45) is 0 Å². The smallest absolute Gasteiger partial charge is 0.238 e. The van der Waals surface area contributed by atoms with Gasteiger partial charge in [0.05, 0.1) is 24.1 Å². The molecule has 0 spiro atoms. The van der Waals surface area contributed by atoms with Crippen LogP contribution in [0.15, 0.2) is 72.9 Å². The summed E-state index contributed by atoms with van der Waals surface area (Å²) in [5.74, 6) is -0.539. The lowest BCUT2D eigenvalue weighted by molar-refractivity contribution is 0.103. The number of ketones is 1. The summed E-state index contributed by atoms with van der Waals surface area (Å²) in [5.41, 5.74) is 2.31. The minimum absolute atomic E-state index is 0.165. The Morgan fingerprint density at radius 3 is 2.55 bits per heavy atom. The third-order valence-corrected chi connectivity index (χ3v) is 6.94. The van der Waals surface area contributed by atoms with Gasteiger partial charge in [0.15, 0.2) is 5.78 Å². The molecule has 29 heavy (non-hydrogen) atoms. The summed E-state index contributed by atoms with van der Waals surface area (Å²) in [6, 6.07) is 19.0. The minimum Gasteiger partial charge on any atom is -0.395 e. The molecular formula is C22H22N2O4S. The zero-order chi connectivity index (χ0) is 20.4. The normalized spacial score (nSPS) is 15.8. The fourth-order valence-electron chi connectivity index (χ4n) is 3.87. The number of sulfonamides is 1. The molecule has 1 unspecified atom stereocenters. The van der Waals surface area contributed by atoms with Gasteiger partial charge in [-0.25, -0.2) is 8.42 Å². The summed E-state index contributed by atoms with van der Waals surface area (Å²) in [4.78, 5) is 12.9. The van der Waals surface area contributed by atoms with Crippen LogP contribution >= 0.6 is 0 Å². The van der Waals surface area contributed by atoms with Gasteiger partial charge in [-0.3, -0.25) is 9.10 Å². The zero-order valence-corrected chi connectivity index (χ0v) is 16.6. The van der Waals surface area contributed by atoms with E-state index < -0.39 is 16.6 Å². The summed E-state index contributed by atoms with van der Waals surface area (Å²) in [6.07, 6.45) is 2.57. The Morgan fingerprint density at radius 1 is 1.03 bits per heavy atom. The van der Waals surface area contributed by atoms with E-state index in [9.17, 15) is 18.3 Å². The summed E-state index contributed by atoms with van der Waals surface area (Å²) in [5, 5.41) is 9.32. The molecule has 2 heterocycles. The number of hydrogen-bond donors (Lipinski definition) is 1. The molecule has 150 valence electrons. The van der Waals surface area contributed by atoms with E-state index in [1.54, 1.807) is 48.5 Å². The van der Waals surface area contributed by atoms with E-state index in [0.717, 1.165) is 12.2 Å². The molecule has 7 heteroatoms. The Morgan fingerprint density at radius 2 is 1.79 bits per heavy atom. The second-order valence-electron chi connectivity index (χ2n) is 7.01. The van der Waals surface area contributed by atoms with Gasteiger partial charge in [0.2, 0.25) is 10.0 Å². The second kappa shape index (κ2) is 7.85. The maximum Gasteiger partial charge on any atom is 0.238 e. The van der Waals surface area contributed by atoms with Gasteiger partial charge in [-0.2, -0.15) is 0 Å². The first-order valence-corrected chi connectivity index (χ1v) is 11.1. The Bertz CT molecular complexity index is 1120. The molecule has 1 N–H and O–H groups in total. The Balaban J connectivity index is 1.77. The molecule has 0 bridgehead atoms. The molecule has 6 nitrogen and oxygen atoms in total. The topological polar surface area (TPSA) is 79.6 Å². The maximum absolute atomic E-state index is 13.1. The molecule has 1 aromatic heterocycles. The van der Waals surface area contributed by atoms with Crippen molar-refractivity contribution in [3.05, 3.63) is 89.7 Å².